The minimum atomic E-state index is 0.271. The topological polar surface area (TPSA) is 24.9 Å². The summed E-state index contributed by atoms with van der Waals surface area (Å²) >= 11 is 0. The Hall–Kier alpha value is -1.57. The largest absolute Gasteiger partial charge is 0.366 e. The van der Waals surface area contributed by atoms with Crippen LogP contribution in [0.15, 0.2) is 30.3 Å². The molecule has 0 fully saturated rings. The first-order chi connectivity index (χ1) is 8.04. The predicted octanol–water partition coefficient (Wildman–Crippen LogP) is 3.62. The number of pyridine rings is 1. The standard InChI is InChI=1S/C15H18N2/c1-15(2,3)13-9-11-8-10-6-4-5-7-12(10)16-14(11)17-13/h4-8,13H,9H2,1-3H3,(H,16,17). The number of anilines is 1. The van der Waals surface area contributed by atoms with Gasteiger partial charge in [-0.15, -0.1) is 0 Å². The molecule has 0 saturated heterocycles. The maximum atomic E-state index is 4.71. The maximum absolute atomic E-state index is 4.71. The Labute approximate surface area is 102 Å². The van der Waals surface area contributed by atoms with Crippen molar-refractivity contribution in [1.29, 1.82) is 0 Å². The molecule has 0 amide bonds. The minimum absolute atomic E-state index is 0.271. The second-order valence-electron chi connectivity index (χ2n) is 5.96. The lowest BCUT2D eigenvalue weighted by molar-refractivity contribution is 0.347. The molecule has 2 heteroatoms. The highest BCUT2D eigenvalue weighted by atomic mass is 15.1. The third kappa shape index (κ3) is 1.78. The summed E-state index contributed by atoms with van der Waals surface area (Å²) in [6.07, 6.45) is 1.08. The van der Waals surface area contributed by atoms with Gasteiger partial charge in [0.05, 0.1) is 5.52 Å². The lowest BCUT2D eigenvalue weighted by atomic mass is 9.85. The number of fused-ring (bicyclic) bond motifs is 2. The number of aromatic nitrogens is 1. The van der Waals surface area contributed by atoms with E-state index in [1.807, 2.05) is 6.07 Å². The lowest BCUT2D eigenvalue weighted by Gasteiger charge is -2.26. The quantitative estimate of drug-likeness (QED) is 0.742. The van der Waals surface area contributed by atoms with Crippen LogP contribution in [0.25, 0.3) is 10.9 Å². The van der Waals surface area contributed by atoms with Gasteiger partial charge < -0.3 is 5.32 Å². The van der Waals surface area contributed by atoms with E-state index in [9.17, 15) is 0 Å². The van der Waals surface area contributed by atoms with E-state index in [1.54, 1.807) is 0 Å². The second kappa shape index (κ2) is 3.46. The summed E-state index contributed by atoms with van der Waals surface area (Å²) in [4.78, 5) is 4.71. The molecule has 1 aromatic carbocycles. The first-order valence-electron chi connectivity index (χ1n) is 6.19. The fraction of sp³-hybridized carbons (Fsp3) is 0.400. The molecule has 88 valence electrons. The Kier molecular flexibility index (Phi) is 2.15. The van der Waals surface area contributed by atoms with E-state index in [4.69, 9.17) is 4.98 Å². The number of benzene rings is 1. The van der Waals surface area contributed by atoms with Crippen LogP contribution in [0, 0.1) is 5.41 Å². The Morgan fingerprint density at radius 1 is 1.24 bits per heavy atom. The van der Waals surface area contributed by atoms with Crippen molar-refractivity contribution < 1.29 is 0 Å². The van der Waals surface area contributed by atoms with E-state index >= 15 is 0 Å². The molecule has 0 aliphatic carbocycles. The van der Waals surface area contributed by atoms with Gasteiger partial charge in [-0.25, -0.2) is 4.98 Å². The van der Waals surface area contributed by atoms with Gasteiger partial charge in [0, 0.05) is 11.4 Å². The fourth-order valence-electron chi connectivity index (χ4n) is 2.40. The summed E-state index contributed by atoms with van der Waals surface area (Å²) in [6, 6.07) is 11.1. The van der Waals surface area contributed by atoms with Crippen LogP contribution in [0.4, 0.5) is 5.82 Å². The van der Waals surface area contributed by atoms with E-state index in [-0.39, 0.29) is 5.41 Å². The molecule has 1 unspecified atom stereocenters. The molecule has 17 heavy (non-hydrogen) atoms. The van der Waals surface area contributed by atoms with Gasteiger partial charge >= 0.3 is 0 Å². The van der Waals surface area contributed by atoms with Gasteiger partial charge in [0.15, 0.2) is 0 Å². The zero-order chi connectivity index (χ0) is 12.0. The summed E-state index contributed by atoms with van der Waals surface area (Å²) < 4.78 is 0. The molecule has 2 heterocycles. The van der Waals surface area contributed by atoms with Gasteiger partial charge in [-0.05, 0) is 29.5 Å². The molecular weight excluding hydrogens is 208 g/mol. The van der Waals surface area contributed by atoms with Gasteiger partial charge in [0.1, 0.15) is 5.82 Å². The van der Waals surface area contributed by atoms with E-state index in [0.29, 0.717) is 6.04 Å². The summed E-state index contributed by atoms with van der Waals surface area (Å²) in [5.41, 5.74) is 2.70. The van der Waals surface area contributed by atoms with Gasteiger partial charge in [-0.1, -0.05) is 39.0 Å². The molecule has 1 aliphatic rings. The summed E-state index contributed by atoms with van der Waals surface area (Å²) in [7, 11) is 0. The average molecular weight is 226 g/mol. The van der Waals surface area contributed by atoms with Crippen LogP contribution >= 0.6 is 0 Å². The average Bonchev–Trinajstić information content (AvgIpc) is 2.68. The van der Waals surface area contributed by atoms with Crippen LogP contribution in [0.3, 0.4) is 0 Å². The van der Waals surface area contributed by atoms with Crippen LogP contribution in [0.5, 0.6) is 0 Å². The normalized spacial score (nSPS) is 19.1. The molecular formula is C15H18N2. The van der Waals surface area contributed by atoms with Gasteiger partial charge in [-0.2, -0.15) is 0 Å². The molecule has 0 bridgehead atoms. The number of nitrogens with one attached hydrogen (secondary N) is 1. The Balaban J connectivity index is 2.06. The number of hydrogen-bond acceptors (Lipinski definition) is 2. The molecule has 1 aromatic heterocycles. The van der Waals surface area contributed by atoms with Gasteiger partial charge in [-0.3, -0.25) is 0 Å². The third-order valence-corrected chi connectivity index (χ3v) is 3.58. The van der Waals surface area contributed by atoms with Crippen LogP contribution in [-0.4, -0.2) is 11.0 Å². The predicted molar refractivity (Wildman–Crippen MR) is 72.3 cm³/mol. The van der Waals surface area contributed by atoms with Crippen molar-refractivity contribution >= 4 is 16.7 Å². The number of hydrogen-bond donors (Lipinski definition) is 1. The van der Waals surface area contributed by atoms with Crippen molar-refractivity contribution in [2.45, 2.75) is 33.2 Å². The second-order valence-corrected chi connectivity index (χ2v) is 5.96. The SMILES string of the molecule is CC(C)(C)C1Cc2cc3ccccc3nc2N1. The maximum Gasteiger partial charge on any atom is 0.130 e. The van der Waals surface area contributed by atoms with Gasteiger partial charge in [0.2, 0.25) is 0 Å². The number of rotatable bonds is 0. The zero-order valence-corrected chi connectivity index (χ0v) is 10.6. The molecule has 0 spiro atoms. The molecule has 1 aliphatic heterocycles. The molecule has 0 saturated carbocycles. The third-order valence-electron chi connectivity index (χ3n) is 3.58. The Bertz CT molecular complexity index is 522. The first kappa shape index (κ1) is 10.6. The van der Waals surface area contributed by atoms with Gasteiger partial charge in [0.25, 0.3) is 0 Å². The highest BCUT2D eigenvalue weighted by Crippen LogP contribution is 2.34. The van der Waals surface area contributed by atoms with Crippen molar-refractivity contribution in [3.05, 3.63) is 35.9 Å². The van der Waals surface area contributed by atoms with Crippen molar-refractivity contribution in [3.8, 4) is 0 Å². The highest BCUT2D eigenvalue weighted by Gasteiger charge is 2.31. The minimum Gasteiger partial charge on any atom is -0.366 e. The van der Waals surface area contributed by atoms with Crippen LogP contribution < -0.4 is 5.32 Å². The highest BCUT2D eigenvalue weighted by molar-refractivity contribution is 5.82. The summed E-state index contributed by atoms with van der Waals surface area (Å²) in [5, 5.41) is 4.79. The van der Waals surface area contributed by atoms with Crippen LogP contribution in [-0.2, 0) is 6.42 Å². The van der Waals surface area contributed by atoms with E-state index < -0.39 is 0 Å². The monoisotopic (exact) mass is 226 g/mol. The number of nitrogens with zero attached hydrogens (tertiary/aromatic N) is 1. The van der Waals surface area contributed by atoms with E-state index in [1.165, 1.54) is 10.9 Å². The molecule has 1 atom stereocenters. The van der Waals surface area contributed by atoms with Crippen molar-refractivity contribution in [1.82, 2.24) is 4.98 Å². The Morgan fingerprint density at radius 2 is 2.00 bits per heavy atom. The van der Waals surface area contributed by atoms with Crippen LogP contribution in [0.1, 0.15) is 26.3 Å². The van der Waals surface area contributed by atoms with E-state index in [2.05, 4.69) is 50.4 Å². The molecule has 1 N–H and O–H groups in total. The lowest BCUT2D eigenvalue weighted by Crippen LogP contribution is -2.31. The Morgan fingerprint density at radius 3 is 2.76 bits per heavy atom. The summed E-state index contributed by atoms with van der Waals surface area (Å²) in [6.45, 7) is 6.82. The molecule has 0 radical (unpaired) electrons. The molecule has 3 rings (SSSR count). The van der Waals surface area contributed by atoms with Crippen LogP contribution in [0.2, 0.25) is 0 Å². The fourth-order valence-corrected chi connectivity index (χ4v) is 2.40. The number of para-hydroxylation sites is 1. The summed E-state index contributed by atoms with van der Waals surface area (Å²) in [5.74, 6) is 1.07. The first-order valence-corrected chi connectivity index (χ1v) is 6.19. The molecule has 2 aromatic rings. The van der Waals surface area contributed by atoms with Crippen molar-refractivity contribution in [2.75, 3.05) is 5.32 Å². The van der Waals surface area contributed by atoms with Crippen molar-refractivity contribution in [3.63, 3.8) is 0 Å². The molecule has 2 nitrogen and oxygen atoms in total. The van der Waals surface area contributed by atoms with E-state index in [0.717, 1.165) is 17.8 Å². The smallest absolute Gasteiger partial charge is 0.130 e. The zero-order valence-electron chi connectivity index (χ0n) is 10.6. The van der Waals surface area contributed by atoms with Crippen molar-refractivity contribution in [2.24, 2.45) is 5.41 Å².